The van der Waals surface area contributed by atoms with Crippen LogP contribution < -0.4 is 10.1 Å². The summed E-state index contributed by atoms with van der Waals surface area (Å²) in [6.07, 6.45) is 9.09. The van der Waals surface area contributed by atoms with Crippen LogP contribution in [0.5, 0.6) is 5.75 Å². The third kappa shape index (κ3) is 4.64. The normalized spacial score (nSPS) is 27.6. The Morgan fingerprint density at radius 1 is 1.09 bits per heavy atom. The van der Waals surface area contributed by atoms with Crippen molar-refractivity contribution in [3.63, 3.8) is 0 Å². The van der Waals surface area contributed by atoms with Gasteiger partial charge >= 0.3 is 0 Å². The van der Waals surface area contributed by atoms with E-state index in [-0.39, 0.29) is 36.4 Å². The minimum absolute atomic E-state index is 0.00493. The maximum absolute atomic E-state index is 13.3. The van der Waals surface area contributed by atoms with Crippen LogP contribution in [0.1, 0.15) is 55.7 Å². The number of hydrogen-bond donors (Lipinski definition) is 1. The number of amides is 1. The van der Waals surface area contributed by atoms with E-state index in [0.717, 1.165) is 44.3 Å². The first-order valence-electron chi connectivity index (χ1n) is 11.8. The van der Waals surface area contributed by atoms with Gasteiger partial charge in [-0.2, -0.15) is 5.26 Å². The minimum Gasteiger partial charge on any atom is -0.483 e. The zero-order chi connectivity index (χ0) is 22.6. The van der Waals surface area contributed by atoms with Crippen LogP contribution in [0.3, 0.4) is 0 Å². The molecule has 2 atom stereocenters. The van der Waals surface area contributed by atoms with Crippen molar-refractivity contribution in [2.24, 2.45) is 0 Å². The Hall–Kier alpha value is -3.18. The van der Waals surface area contributed by atoms with Crippen LogP contribution in [0.4, 0.5) is 5.82 Å². The average molecular weight is 448 g/mol. The van der Waals surface area contributed by atoms with Crippen LogP contribution in [-0.2, 0) is 9.53 Å². The van der Waals surface area contributed by atoms with Gasteiger partial charge < -0.3 is 19.7 Å². The zero-order valence-electron chi connectivity index (χ0n) is 18.7. The van der Waals surface area contributed by atoms with E-state index in [1.165, 1.54) is 11.8 Å². The van der Waals surface area contributed by atoms with Crippen molar-refractivity contribution in [3.8, 4) is 11.8 Å². The number of carbonyl (C=O) groups excluding carboxylic acids is 1. The number of nitrogens with one attached hydrogen (secondary N) is 1. The molecule has 3 aliphatic heterocycles. The SMILES string of the molecule is N#Cc1nccnc1N[C@H]1CCCN2C(=O)COc3ccccc3C3CCC(CC3)OC[C@@H]12. The van der Waals surface area contributed by atoms with Crippen LogP contribution in [0.25, 0.3) is 0 Å². The highest BCUT2D eigenvalue weighted by molar-refractivity contribution is 5.78. The number of hydrogen-bond acceptors (Lipinski definition) is 7. The first-order chi connectivity index (χ1) is 16.2. The van der Waals surface area contributed by atoms with Crippen molar-refractivity contribution in [1.82, 2.24) is 14.9 Å². The molecule has 6 rings (SSSR count). The largest absolute Gasteiger partial charge is 0.483 e. The Balaban J connectivity index is 1.41. The van der Waals surface area contributed by atoms with Gasteiger partial charge in [-0.1, -0.05) is 18.2 Å². The molecule has 172 valence electrons. The van der Waals surface area contributed by atoms with Crippen molar-refractivity contribution in [2.75, 3.05) is 25.1 Å². The second kappa shape index (κ2) is 9.75. The molecule has 0 spiro atoms. The van der Waals surface area contributed by atoms with Gasteiger partial charge in [0.2, 0.25) is 0 Å². The van der Waals surface area contributed by atoms with Gasteiger partial charge in [0.15, 0.2) is 18.1 Å². The number of anilines is 1. The van der Waals surface area contributed by atoms with E-state index < -0.39 is 0 Å². The molecule has 2 aromatic rings. The highest BCUT2D eigenvalue weighted by atomic mass is 16.5. The third-order valence-corrected chi connectivity index (χ3v) is 7.11. The van der Waals surface area contributed by atoms with Crippen LogP contribution in [0.2, 0.25) is 0 Å². The highest BCUT2D eigenvalue weighted by Crippen LogP contribution is 2.39. The number of fused-ring (bicyclic) bond motifs is 5. The van der Waals surface area contributed by atoms with Gasteiger partial charge in [0.05, 0.1) is 24.8 Å². The Bertz CT molecular complexity index is 1030. The maximum Gasteiger partial charge on any atom is 0.260 e. The summed E-state index contributed by atoms with van der Waals surface area (Å²) in [5.74, 6) is 1.66. The summed E-state index contributed by atoms with van der Waals surface area (Å²) in [6.45, 7) is 1.12. The van der Waals surface area contributed by atoms with E-state index >= 15 is 0 Å². The highest BCUT2D eigenvalue weighted by Gasteiger charge is 2.37. The van der Waals surface area contributed by atoms with Gasteiger partial charge in [0.1, 0.15) is 11.8 Å². The Kier molecular flexibility index (Phi) is 6.40. The number of ether oxygens (including phenoxy) is 2. The molecular formula is C25H29N5O3. The summed E-state index contributed by atoms with van der Waals surface area (Å²) >= 11 is 0. The van der Waals surface area contributed by atoms with Crippen LogP contribution in [0.15, 0.2) is 36.7 Å². The predicted molar refractivity (Wildman–Crippen MR) is 122 cm³/mol. The smallest absolute Gasteiger partial charge is 0.260 e. The Morgan fingerprint density at radius 2 is 1.91 bits per heavy atom. The summed E-state index contributed by atoms with van der Waals surface area (Å²) in [5.41, 5.74) is 1.45. The molecule has 1 aliphatic carbocycles. The number of piperidine rings is 1. The monoisotopic (exact) mass is 447 g/mol. The van der Waals surface area contributed by atoms with Crippen molar-refractivity contribution in [3.05, 3.63) is 47.9 Å². The van der Waals surface area contributed by atoms with Crippen molar-refractivity contribution < 1.29 is 14.3 Å². The summed E-state index contributed by atoms with van der Waals surface area (Å²) < 4.78 is 12.5. The zero-order valence-corrected chi connectivity index (χ0v) is 18.7. The molecule has 1 N–H and O–H groups in total. The molecule has 2 fully saturated rings. The fraction of sp³-hybridized carbons (Fsp3) is 0.520. The second-order valence-electron chi connectivity index (χ2n) is 9.05. The Labute approximate surface area is 193 Å². The van der Waals surface area contributed by atoms with E-state index in [0.29, 0.717) is 24.9 Å². The van der Waals surface area contributed by atoms with Gasteiger partial charge in [-0.25, -0.2) is 9.97 Å². The van der Waals surface area contributed by atoms with E-state index in [9.17, 15) is 10.1 Å². The fourth-order valence-electron chi connectivity index (χ4n) is 5.39. The lowest BCUT2D eigenvalue weighted by atomic mass is 9.82. The molecule has 1 saturated heterocycles. The first kappa shape index (κ1) is 21.7. The van der Waals surface area contributed by atoms with Gasteiger partial charge in [-0.05, 0) is 56.1 Å². The van der Waals surface area contributed by atoms with Crippen molar-refractivity contribution in [1.29, 1.82) is 5.26 Å². The van der Waals surface area contributed by atoms with Crippen LogP contribution >= 0.6 is 0 Å². The summed E-state index contributed by atoms with van der Waals surface area (Å²) in [6, 6.07) is 9.95. The lowest BCUT2D eigenvalue weighted by Crippen LogP contribution is -2.57. The van der Waals surface area contributed by atoms with Crippen LogP contribution in [0, 0.1) is 11.3 Å². The number of nitrogens with zero attached hydrogens (tertiary/aromatic N) is 4. The molecule has 0 radical (unpaired) electrons. The van der Waals surface area contributed by atoms with Crippen molar-refractivity contribution in [2.45, 2.75) is 62.6 Å². The van der Waals surface area contributed by atoms with E-state index in [1.54, 1.807) is 6.20 Å². The lowest BCUT2D eigenvalue weighted by Gasteiger charge is -2.42. The van der Waals surface area contributed by atoms with E-state index in [4.69, 9.17) is 9.47 Å². The molecule has 0 unspecified atom stereocenters. The van der Waals surface area contributed by atoms with Crippen LogP contribution in [-0.4, -0.2) is 58.7 Å². The second-order valence-corrected chi connectivity index (χ2v) is 9.05. The molecule has 2 bridgehead atoms. The number of rotatable bonds is 2. The standard InChI is InChI=1S/C25H29N5O3/c26-14-21-25(28-12-11-27-21)29-20-5-3-13-30-22(20)15-32-18-9-7-17(8-10-18)19-4-1-2-6-23(19)33-16-24(30)31/h1-2,4,6,11-12,17-18,20,22H,3,5,7-10,13,15-16H2,(H,28,29)/t17?,18?,20-,22-/m0/s1. The number of benzene rings is 1. The average Bonchev–Trinajstić information content (AvgIpc) is 2.88. The van der Waals surface area contributed by atoms with E-state index in [2.05, 4.69) is 27.4 Å². The molecule has 4 heterocycles. The van der Waals surface area contributed by atoms with Gasteiger partial charge in [0.25, 0.3) is 5.91 Å². The number of para-hydroxylation sites is 1. The fourth-order valence-corrected chi connectivity index (χ4v) is 5.39. The molecule has 1 saturated carbocycles. The quantitative estimate of drug-likeness (QED) is 0.754. The van der Waals surface area contributed by atoms with E-state index in [1.807, 2.05) is 23.1 Å². The van der Waals surface area contributed by atoms with Gasteiger partial charge in [-0.3, -0.25) is 4.79 Å². The van der Waals surface area contributed by atoms with Gasteiger partial charge in [-0.15, -0.1) is 0 Å². The topological polar surface area (TPSA) is 100 Å². The predicted octanol–water partition coefficient (Wildman–Crippen LogP) is 3.26. The Morgan fingerprint density at radius 3 is 2.76 bits per heavy atom. The summed E-state index contributed by atoms with van der Waals surface area (Å²) in [5, 5.41) is 12.8. The van der Waals surface area contributed by atoms with Crippen molar-refractivity contribution >= 4 is 11.7 Å². The molecule has 8 heteroatoms. The molecule has 1 amide bonds. The number of nitriles is 1. The molecule has 8 nitrogen and oxygen atoms in total. The first-order valence-corrected chi connectivity index (χ1v) is 11.8. The molecule has 4 aliphatic rings. The minimum atomic E-state index is -0.169. The molecular weight excluding hydrogens is 418 g/mol. The number of aromatic nitrogens is 2. The molecule has 1 aromatic heterocycles. The lowest BCUT2D eigenvalue weighted by molar-refractivity contribution is -0.140. The maximum atomic E-state index is 13.3. The summed E-state index contributed by atoms with van der Waals surface area (Å²) in [7, 11) is 0. The molecule has 1 aromatic carbocycles. The molecule has 33 heavy (non-hydrogen) atoms. The third-order valence-electron chi connectivity index (χ3n) is 7.11. The summed E-state index contributed by atoms with van der Waals surface area (Å²) in [4.78, 5) is 23.6. The number of carbonyl (C=O) groups is 1. The van der Waals surface area contributed by atoms with Gasteiger partial charge in [0, 0.05) is 18.9 Å².